The number of hydrogen-bond acceptors (Lipinski definition) is 6. The zero-order valence-corrected chi connectivity index (χ0v) is 16.7. The molecule has 2 aliphatic heterocycles. The van der Waals surface area contributed by atoms with Crippen LogP contribution in [-0.4, -0.2) is 44.0 Å². The molecule has 2 heterocycles. The van der Waals surface area contributed by atoms with Crippen LogP contribution in [0.1, 0.15) is 5.56 Å². The predicted octanol–water partition coefficient (Wildman–Crippen LogP) is 3.03. The smallest absolute Gasteiger partial charge is 0.337 e. The van der Waals surface area contributed by atoms with Gasteiger partial charge in [0.2, 0.25) is 0 Å². The molecule has 0 N–H and O–H groups in total. The molecule has 154 valence electrons. The average molecular weight is 406 g/mol. The van der Waals surface area contributed by atoms with Crippen LogP contribution in [0.2, 0.25) is 0 Å². The van der Waals surface area contributed by atoms with Crippen molar-refractivity contribution in [2.45, 2.75) is 24.2 Å². The quantitative estimate of drug-likeness (QED) is 0.520. The zero-order valence-electron chi connectivity index (χ0n) is 16.7. The van der Waals surface area contributed by atoms with E-state index in [-0.39, 0.29) is 11.1 Å². The van der Waals surface area contributed by atoms with Crippen LogP contribution in [0.4, 0.5) is 0 Å². The molecule has 0 amide bonds. The molecular weight excluding hydrogens is 384 g/mol. The average Bonchev–Trinajstić information content (AvgIpc) is 3.37. The number of carbonyl (C=O) groups is 2. The van der Waals surface area contributed by atoms with Crippen LogP contribution in [-0.2, 0) is 30.2 Å². The van der Waals surface area contributed by atoms with Gasteiger partial charge in [-0.05, 0) is 23.8 Å². The molecule has 0 aromatic heterocycles. The lowest BCUT2D eigenvalue weighted by Gasteiger charge is -2.34. The van der Waals surface area contributed by atoms with Gasteiger partial charge in [-0.15, -0.1) is 0 Å². The first-order valence-electron chi connectivity index (χ1n) is 9.63. The minimum Gasteiger partial charge on any atom is -0.486 e. The maximum Gasteiger partial charge on any atom is 0.337 e. The van der Waals surface area contributed by atoms with Gasteiger partial charge in [-0.2, -0.15) is 0 Å². The lowest BCUT2D eigenvalue weighted by atomic mass is 9.80. The van der Waals surface area contributed by atoms with Crippen LogP contribution < -0.4 is 4.74 Å². The maximum atomic E-state index is 12.8. The highest BCUT2D eigenvalue weighted by atomic mass is 16.6. The normalized spacial score (nSPS) is 22.7. The molecule has 0 saturated heterocycles. The first kappa shape index (κ1) is 19.9. The van der Waals surface area contributed by atoms with Crippen LogP contribution in [0.25, 0.3) is 0 Å². The van der Waals surface area contributed by atoms with Gasteiger partial charge in [0.05, 0.1) is 25.4 Å². The summed E-state index contributed by atoms with van der Waals surface area (Å²) in [5.41, 5.74) is 0.0132. The van der Waals surface area contributed by atoms with Gasteiger partial charge in [-0.25, -0.2) is 9.59 Å². The van der Waals surface area contributed by atoms with Gasteiger partial charge in [-0.1, -0.05) is 54.6 Å². The van der Waals surface area contributed by atoms with E-state index in [1.807, 2.05) is 60.7 Å². The summed E-state index contributed by atoms with van der Waals surface area (Å²) in [4.78, 5) is 25.3. The molecule has 2 bridgehead atoms. The third kappa shape index (κ3) is 3.39. The highest BCUT2D eigenvalue weighted by molar-refractivity contribution is 6.05. The summed E-state index contributed by atoms with van der Waals surface area (Å²) >= 11 is 0. The van der Waals surface area contributed by atoms with E-state index in [1.165, 1.54) is 14.2 Å². The Labute approximate surface area is 174 Å². The van der Waals surface area contributed by atoms with Crippen molar-refractivity contribution in [3.8, 4) is 5.75 Å². The minimum atomic E-state index is -1.27. The first-order valence-corrected chi connectivity index (χ1v) is 9.63. The Morgan fingerprint density at radius 1 is 0.967 bits per heavy atom. The van der Waals surface area contributed by atoms with Gasteiger partial charge in [0.25, 0.3) is 0 Å². The molecule has 0 aliphatic carbocycles. The number of esters is 2. The molecule has 2 aromatic rings. The fourth-order valence-electron chi connectivity index (χ4n) is 3.99. The molecule has 2 aromatic carbocycles. The highest BCUT2D eigenvalue weighted by Gasteiger charge is 2.59. The largest absolute Gasteiger partial charge is 0.486 e. The molecule has 2 aliphatic rings. The van der Waals surface area contributed by atoms with Gasteiger partial charge in [0, 0.05) is 6.42 Å². The van der Waals surface area contributed by atoms with Crippen molar-refractivity contribution >= 4 is 11.9 Å². The van der Waals surface area contributed by atoms with Crippen molar-refractivity contribution in [3.63, 3.8) is 0 Å². The zero-order chi connectivity index (χ0) is 21.1. The standard InChI is InChI=1S/C24H22O6/c1-27-22(25)20-18-13-14-24(30-18,21(20)23(26)28-2)19(15-16-9-5-3-6-10-16)29-17-11-7-4-8-12-17/h3-14,18-19H,15H2,1-2H3. The summed E-state index contributed by atoms with van der Waals surface area (Å²) in [5, 5.41) is 0. The summed E-state index contributed by atoms with van der Waals surface area (Å²) < 4.78 is 22.5. The third-order valence-corrected chi connectivity index (χ3v) is 5.34. The number of ether oxygens (including phenoxy) is 4. The fourth-order valence-corrected chi connectivity index (χ4v) is 3.99. The van der Waals surface area contributed by atoms with Crippen molar-refractivity contribution in [2.24, 2.45) is 0 Å². The molecule has 6 heteroatoms. The second-order valence-corrected chi connectivity index (χ2v) is 7.07. The van der Waals surface area contributed by atoms with Crippen LogP contribution in [0.15, 0.2) is 84.0 Å². The van der Waals surface area contributed by atoms with E-state index in [1.54, 1.807) is 12.2 Å². The lowest BCUT2D eigenvalue weighted by molar-refractivity contribution is -0.140. The molecule has 4 rings (SSSR count). The Morgan fingerprint density at radius 3 is 2.23 bits per heavy atom. The van der Waals surface area contributed by atoms with Crippen LogP contribution in [0.5, 0.6) is 5.75 Å². The second kappa shape index (κ2) is 8.16. The summed E-state index contributed by atoms with van der Waals surface area (Å²) in [5.74, 6) is -0.634. The van der Waals surface area contributed by atoms with E-state index in [0.29, 0.717) is 12.2 Å². The number of methoxy groups -OCH3 is 2. The molecule has 0 fully saturated rings. The van der Waals surface area contributed by atoms with Crippen molar-refractivity contribution in [2.75, 3.05) is 14.2 Å². The Balaban J connectivity index is 1.81. The predicted molar refractivity (Wildman–Crippen MR) is 109 cm³/mol. The Morgan fingerprint density at radius 2 is 1.60 bits per heavy atom. The van der Waals surface area contributed by atoms with E-state index in [0.717, 1.165) is 5.56 Å². The number of benzene rings is 2. The molecule has 0 radical (unpaired) electrons. The SMILES string of the molecule is COC(=O)C1=C(C(=O)OC)C2(C(Cc3ccccc3)Oc3ccccc3)C=CC1O2. The minimum absolute atomic E-state index is 0.126. The molecule has 3 atom stereocenters. The first-order chi connectivity index (χ1) is 14.6. The second-order valence-electron chi connectivity index (χ2n) is 7.07. The van der Waals surface area contributed by atoms with E-state index >= 15 is 0 Å². The topological polar surface area (TPSA) is 71.1 Å². The van der Waals surface area contributed by atoms with Crippen molar-refractivity contribution in [1.29, 1.82) is 0 Å². The van der Waals surface area contributed by atoms with Gasteiger partial charge in [0.1, 0.15) is 18.0 Å². The summed E-state index contributed by atoms with van der Waals surface area (Å²) in [6.45, 7) is 0. The maximum absolute atomic E-state index is 12.8. The summed E-state index contributed by atoms with van der Waals surface area (Å²) in [6.07, 6.45) is 2.67. The molecule has 3 unspecified atom stereocenters. The fraction of sp³-hybridized carbons (Fsp3) is 0.250. The number of carbonyl (C=O) groups excluding carboxylic acids is 2. The molecule has 6 nitrogen and oxygen atoms in total. The van der Waals surface area contributed by atoms with Crippen molar-refractivity contribution < 1.29 is 28.5 Å². The van der Waals surface area contributed by atoms with E-state index in [2.05, 4.69) is 0 Å². The number of fused-ring (bicyclic) bond motifs is 2. The Hall–Kier alpha value is -3.38. The summed E-state index contributed by atoms with van der Waals surface area (Å²) in [7, 11) is 2.55. The lowest BCUT2D eigenvalue weighted by Crippen LogP contribution is -2.48. The molecule has 0 spiro atoms. The molecule has 0 saturated carbocycles. The van der Waals surface area contributed by atoms with E-state index in [9.17, 15) is 9.59 Å². The summed E-state index contributed by atoms with van der Waals surface area (Å²) in [6, 6.07) is 19.1. The van der Waals surface area contributed by atoms with Gasteiger partial charge in [0.15, 0.2) is 5.60 Å². The Bertz CT molecular complexity index is 953. The molecular formula is C24H22O6. The molecule has 30 heavy (non-hydrogen) atoms. The van der Waals surface area contributed by atoms with Crippen molar-refractivity contribution in [1.82, 2.24) is 0 Å². The van der Waals surface area contributed by atoms with Crippen LogP contribution in [0, 0.1) is 0 Å². The van der Waals surface area contributed by atoms with Crippen LogP contribution in [0.3, 0.4) is 0 Å². The van der Waals surface area contributed by atoms with Crippen molar-refractivity contribution in [3.05, 3.63) is 89.5 Å². The van der Waals surface area contributed by atoms with Crippen LogP contribution >= 0.6 is 0 Å². The number of para-hydroxylation sites is 1. The van der Waals surface area contributed by atoms with Gasteiger partial charge >= 0.3 is 11.9 Å². The Kier molecular flexibility index (Phi) is 5.42. The van der Waals surface area contributed by atoms with Gasteiger partial charge < -0.3 is 18.9 Å². The number of hydrogen-bond donors (Lipinski definition) is 0. The monoisotopic (exact) mass is 406 g/mol. The highest BCUT2D eigenvalue weighted by Crippen LogP contribution is 2.47. The number of rotatable bonds is 7. The third-order valence-electron chi connectivity index (χ3n) is 5.34. The van der Waals surface area contributed by atoms with E-state index in [4.69, 9.17) is 18.9 Å². The van der Waals surface area contributed by atoms with E-state index < -0.39 is 29.7 Å². The van der Waals surface area contributed by atoms with Gasteiger partial charge in [-0.3, -0.25) is 0 Å².